The summed E-state index contributed by atoms with van der Waals surface area (Å²) in [6, 6.07) is 7.03. The molecule has 0 aromatic heterocycles. The highest BCUT2D eigenvalue weighted by Crippen LogP contribution is 2.26. The standard InChI is InChI=1S/C17H26Cl2N2/c1-12-7-8-20-16(17(2,3)4)11-21(12)10-13-5-6-14(18)15(19)9-13/h5-6,9,12,16,20H,7-8,10-11H2,1-4H3. The molecule has 2 rings (SSSR count). The minimum absolute atomic E-state index is 0.264. The van der Waals surface area contributed by atoms with E-state index < -0.39 is 0 Å². The molecule has 1 heterocycles. The molecule has 21 heavy (non-hydrogen) atoms. The molecule has 1 saturated heterocycles. The highest BCUT2D eigenvalue weighted by molar-refractivity contribution is 6.42. The summed E-state index contributed by atoms with van der Waals surface area (Å²) >= 11 is 12.1. The Balaban J connectivity index is 2.13. The van der Waals surface area contributed by atoms with E-state index >= 15 is 0 Å². The van der Waals surface area contributed by atoms with Gasteiger partial charge in [0.1, 0.15) is 0 Å². The van der Waals surface area contributed by atoms with Gasteiger partial charge in [0, 0.05) is 25.2 Å². The van der Waals surface area contributed by atoms with Gasteiger partial charge in [0.2, 0.25) is 0 Å². The average Bonchev–Trinajstić information content (AvgIpc) is 2.56. The summed E-state index contributed by atoms with van der Waals surface area (Å²) in [6.07, 6.45) is 1.17. The van der Waals surface area contributed by atoms with Gasteiger partial charge in [-0.1, -0.05) is 50.0 Å². The summed E-state index contributed by atoms with van der Waals surface area (Å²) in [4.78, 5) is 2.55. The van der Waals surface area contributed by atoms with E-state index in [0.717, 1.165) is 19.6 Å². The lowest BCUT2D eigenvalue weighted by atomic mass is 9.86. The first-order valence-corrected chi connectivity index (χ1v) is 8.44. The second kappa shape index (κ2) is 6.87. The molecule has 0 spiro atoms. The van der Waals surface area contributed by atoms with Gasteiger partial charge in [-0.05, 0) is 43.0 Å². The van der Waals surface area contributed by atoms with Crippen LogP contribution in [-0.2, 0) is 6.54 Å². The van der Waals surface area contributed by atoms with Crippen LogP contribution in [0.2, 0.25) is 10.0 Å². The fourth-order valence-electron chi connectivity index (χ4n) is 2.80. The molecule has 2 unspecified atom stereocenters. The Kier molecular flexibility index (Phi) is 5.59. The van der Waals surface area contributed by atoms with Gasteiger partial charge in [0.15, 0.2) is 0 Å². The largest absolute Gasteiger partial charge is 0.312 e. The zero-order valence-electron chi connectivity index (χ0n) is 13.4. The van der Waals surface area contributed by atoms with Gasteiger partial charge in [-0.2, -0.15) is 0 Å². The molecule has 1 fully saturated rings. The minimum Gasteiger partial charge on any atom is -0.312 e. The van der Waals surface area contributed by atoms with Gasteiger partial charge in [0.25, 0.3) is 0 Å². The molecule has 4 heteroatoms. The van der Waals surface area contributed by atoms with Crippen LogP contribution in [0.25, 0.3) is 0 Å². The Bertz CT molecular complexity index is 482. The predicted molar refractivity (Wildman–Crippen MR) is 92.2 cm³/mol. The Hall–Kier alpha value is -0.280. The van der Waals surface area contributed by atoms with Crippen LogP contribution >= 0.6 is 23.2 Å². The smallest absolute Gasteiger partial charge is 0.0595 e. The fraction of sp³-hybridized carbons (Fsp3) is 0.647. The van der Waals surface area contributed by atoms with Gasteiger partial charge in [-0.3, -0.25) is 4.90 Å². The summed E-state index contributed by atoms with van der Waals surface area (Å²) in [7, 11) is 0. The second-order valence-electron chi connectivity index (χ2n) is 7.19. The monoisotopic (exact) mass is 328 g/mol. The fourth-order valence-corrected chi connectivity index (χ4v) is 3.12. The summed E-state index contributed by atoms with van der Waals surface area (Å²) in [6.45, 7) is 12.3. The normalized spacial score (nSPS) is 24.9. The first-order valence-electron chi connectivity index (χ1n) is 7.68. The van der Waals surface area contributed by atoms with Crippen molar-refractivity contribution in [1.29, 1.82) is 0 Å². The van der Waals surface area contributed by atoms with Crippen molar-refractivity contribution in [3.63, 3.8) is 0 Å². The van der Waals surface area contributed by atoms with E-state index in [1.54, 1.807) is 0 Å². The van der Waals surface area contributed by atoms with Crippen molar-refractivity contribution in [3.05, 3.63) is 33.8 Å². The van der Waals surface area contributed by atoms with Crippen LogP contribution in [0.3, 0.4) is 0 Å². The van der Waals surface area contributed by atoms with Gasteiger partial charge in [-0.25, -0.2) is 0 Å². The van der Waals surface area contributed by atoms with Crippen molar-refractivity contribution < 1.29 is 0 Å². The number of hydrogen-bond acceptors (Lipinski definition) is 2. The highest BCUT2D eigenvalue weighted by Gasteiger charge is 2.30. The van der Waals surface area contributed by atoms with Crippen molar-refractivity contribution in [2.24, 2.45) is 5.41 Å². The van der Waals surface area contributed by atoms with Crippen LogP contribution in [-0.4, -0.2) is 30.1 Å². The molecule has 118 valence electrons. The molecule has 1 aliphatic rings. The minimum atomic E-state index is 0.264. The molecule has 0 saturated carbocycles. The summed E-state index contributed by atoms with van der Waals surface area (Å²) in [5, 5.41) is 4.96. The van der Waals surface area contributed by atoms with Crippen molar-refractivity contribution in [1.82, 2.24) is 10.2 Å². The zero-order chi connectivity index (χ0) is 15.6. The predicted octanol–water partition coefficient (Wildman–Crippen LogP) is 4.59. The molecule has 1 N–H and O–H groups in total. The van der Waals surface area contributed by atoms with Crippen LogP contribution < -0.4 is 5.32 Å². The van der Waals surface area contributed by atoms with E-state index in [2.05, 4.69) is 44.0 Å². The number of benzene rings is 1. The van der Waals surface area contributed by atoms with E-state index in [4.69, 9.17) is 23.2 Å². The zero-order valence-corrected chi connectivity index (χ0v) is 14.9. The Morgan fingerprint density at radius 2 is 1.95 bits per heavy atom. The average molecular weight is 329 g/mol. The van der Waals surface area contributed by atoms with Crippen LogP contribution in [0.15, 0.2) is 18.2 Å². The van der Waals surface area contributed by atoms with Crippen molar-refractivity contribution in [3.8, 4) is 0 Å². The lowest BCUT2D eigenvalue weighted by Crippen LogP contribution is -2.47. The lowest BCUT2D eigenvalue weighted by molar-refractivity contribution is 0.157. The van der Waals surface area contributed by atoms with E-state index in [0.29, 0.717) is 22.1 Å². The SMILES string of the molecule is CC1CCNC(C(C)(C)C)CN1Cc1ccc(Cl)c(Cl)c1. The van der Waals surface area contributed by atoms with Crippen LogP contribution in [0.1, 0.15) is 39.7 Å². The van der Waals surface area contributed by atoms with E-state index in [1.165, 1.54) is 12.0 Å². The number of nitrogens with zero attached hydrogens (tertiary/aromatic N) is 1. The summed E-state index contributed by atoms with van der Waals surface area (Å²) < 4.78 is 0. The van der Waals surface area contributed by atoms with Crippen LogP contribution in [0.5, 0.6) is 0 Å². The quantitative estimate of drug-likeness (QED) is 0.853. The maximum absolute atomic E-state index is 6.14. The molecule has 2 nitrogen and oxygen atoms in total. The number of hydrogen-bond donors (Lipinski definition) is 1. The molecule has 2 atom stereocenters. The summed E-state index contributed by atoms with van der Waals surface area (Å²) in [5.74, 6) is 0. The van der Waals surface area contributed by atoms with Gasteiger partial charge < -0.3 is 5.32 Å². The maximum Gasteiger partial charge on any atom is 0.0595 e. The summed E-state index contributed by atoms with van der Waals surface area (Å²) in [5.41, 5.74) is 1.49. The third-order valence-electron chi connectivity index (χ3n) is 4.41. The Morgan fingerprint density at radius 3 is 2.57 bits per heavy atom. The van der Waals surface area contributed by atoms with Gasteiger partial charge in [-0.15, -0.1) is 0 Å². The molecule has 0 aliphatic carbocycles. The Labute approximate surface area is 138 Å². The molecule has 0 amide bonds. The Morgan fingerprint density at radius 1 is 1.24 bits per heavy atom. The van der Waals surface area contributed by atoms with Crippen molar-refractivity contribution in [2.45, 2.75) is 52.7 Å². The maximum atomic E-state index is 6.14. The van der Waals surface area contributed by atoms with Crippen molar-refractivity contribution >= 4 is 23.2 Å². The lowest BCUT2D eigenvalue weighted by Gasteiger charge is -2.35. The van der Waals surface area contributed by atoms with E-state index in [1.807, 2.05) is 12.1 Å². The van der Waals surface area contributed by atoms with Crippen molar-refractivity contribution in [2.75, 3.05) is 13.1 Å². The molecular formula is C17H26Cl2N2. The molecule has 1 aromatic carbocycles. The van der Waals surface area contributed by atoms with E-state index in [-0.39, 0.29) is 5.41 Å². The second-order valence-corrected chi connectivity index (χ2v) is 8.00. The number of rotatable bonds is 2. The molecule has 0 bridgehead atoms. The molecular weight excluding hydrogens is 303 g/mol. The van der Waals surface area contributed by atoms with Crippen LogP contribution in [0, 0.1) is 5.41 Å². The molecule has 0 radical (unpaired) electrons. The third kappa shape index (κ3) is 4.59. The van der Waals surface area contributed by atoms with Gasteiger partial charge >= 0.3 is 0 Å². The van der Waals surface area contributed by atoms with Crippen LogP contribution in [0.4, 0.5) is 0 Å². The first-order chi connectivity index (χ1) is 9.77. The molecule has 1 aromatic rings. The highest BCUT2D eigenvalue weighted by atomic mass is 35.5. The third-order valence-corrected chi connectivity index (χ3v) is 5.15. The first kappa shape index (κ1) is 17.1. The van der Waals surface area contributed by atoms with E-state index in [9.17, 15) is 0 Å². The number of nitrogens with one attached hydrogen (secondary N) is 1. The van der Waals surface area contributed by atoms with Gasteiger partial charge in [0.05, 0.1) is 10.0 Å². The number of halogens is 2. The topological polar surface area (TPSA) is 15.3 Å². The molecule has 1 aliphatic heterocycles.